The summed E-state index contributed by atoms with van der Waals surface area (Å²) in [5.41, 5.74) is 5.51. The summed E-state index contributed by atoms with van der Waals surface area (Å²) in [4.78, 5) is 31.0. The number of benzene rings is 2. The number of amides is 1. The van der Waals surface area contributed by atoms with Crippen molar-refractivity contribution in [1.29, 1.82) is 0 Å². The SMILES string of the molecule is Cc1cccc(-c2c(C(=O)Nc3ccccc3C)c(=O)cc(C)n2Cc2ccccn2)c1. The normalized spacial score (nSPS) is 10.7. The second kappa shape index (κ2) is 9.02. The van der Waals surface area contributed by atoms with E-state index in [1.165, 1.54) is 6.07 Å². The number of hydrogen-bond donors (Lipinski definition) is 1. The molecule has 2 aromatic carbocycles. The molecule has 5 heteroatoms. The van der Waals surface area contributed by atoms with Crippen LogP contribution in [-0.2, 0) is 6.54 Å². The number of aryl methyl sites for hydroxylation is 3. The molecule has 0 atom stereocenters. The molecule has 2 heterocycles. The number of pyridine rings is 2. The summed E-state index contributed by atoms with van der Waals surface area (Å²) in [6, 6.07) is 22.6. The first-order chi connectivity index (χ1) is 15.4. The Balaban J connectivity index is 1.92. The van der Waals surface area contributed by atoms with E-state index in [0.29, 0.717) is 17.9 Å². The first-order valence-corrected chi connectivity index (χ1v) is 10.5. The molecule has 160 valence electrons. The molecule has 0 aliphatic rings. The van der Waals surface area contributed by atoms with Gasteiger partial charge in [0.05, 0.1) is 17.9 Å². The maximum atomic E-state index is 13.4. The Bertz CT molecular complexity index is 1340. The quantitative estimate of drug-likeness (QED) is 0.484. The third-order valence-corrected chi connectivity index (χ3v) is 5.48. The average Bonchev–Trinajstić information content (AvgIpc) is 2.77. The highest BCUT2D eigenvalue weighted by Gasteiger charge is 2.22. The lowest BCUT2D eigenvalue weighted by atomic mass is 10.0. The lowest BCUT2D eigenvalue weighted by Crippen LogP contribution is -2.27. The van der Waals surface area contributed by atoms with Crippen molar-refractivity contribution in [2.75, 3.05) is 5.32 Å². The second-order valence-electron chi connectivity index (χ2n) is 7.92. The minimum Gasteiger partial charge on any atom is -0.338 e. The molecule has 2 aromatic heterocycles. The third-order valence-electron chi connectivity index (χ3n) is 5.48. The maximum absolute atomic E-state index is 13.4. The van der Waals surface area contributed by atoms with E-state index >= 15 is 0 Å². The Morgan fingerprint density at radius 1 is 0.938 bits per heavy atom. The molecule has 0 saturated heterocycles. The largest absolute Gasteiger partial charge is 0.338 e. The molecule has 0 bridgehead atoms. The van der Waals surface area contributed by atoms with Gasteiger partial charge in [0.2, 0.25) is 0 Å². The highest BCUT2D eigenvalue weighted by molar-refractivity contribution is 6.08. The van der Waals surface area contributed by atoms with E-state index in [9.17, 15) is 9.59 Å². The molecule has 0 radical (unpaired) electrons. The predicted molar refractivity (Wildman–Crippen MR) is 128 cm³/mol. The molecule has 0 fully saturated rings. The lowest BCUT2D eigenvalue weighted by Gasteiger charge is -2.21. The van der Waals surface area contributed by atoms with Crippen molar-refractivity contribution in [3.8, 4) is 11.3 Å². The Hall–Kier alpha value is -3.99. The number of nitrogens with zero attached hydrogens (tertiary/aromatic N) is 2. The number of carbonyl (C=O) groups is 1. The van der Waals surface area contributed by atoms with E-state index in [0.717, 1.165) is 28.1 Å². The summed E-state index contributed by atoms with van der Waals surface area (Å²) in [5.74, 6) is -0.421. The van der Waals surface area contributed by atoms with Gasteiger partial charge < -0.3 is 9.88 Å². The van der Waals surface area contributed by atoms with Gasteiger partial charge in [-0.3, -0.25) is 14.6 Å². The fourth-order valence-electron chi connectivity index (χ4n) is 3.84. The van der Waals surface area contributed by atoms with Crippen molar-refractivity contribution < 1.29 is 4.79 Å². The zero-order chi connectivity index (χ0) is 22.7. The topological polar surface area (TPSA) is 64.0 Å². The molecule has 5 nitrogen and oxygen atoms in total. The van der Waals surface area contributed by atoms with E-state index in [-0.39, 0.29) is 11.0 Å². The van der Waals surface area contributed by atoms with E-state index in [1.807, 2.05) is 92.1 Å². The number of rotatable bonds is 5. The number of carbonyl (C=O) groups excluding carboxylic acids is 1. The van der Waals surface area contributed by atoms with Crippen molar-refractivity contribution >= 4 is 11.6 Å². The monoisotopic (exact) mass is 423 g/mol. The van der Waals surface area contributed by atoms with E-state index in [4.69, 9.17) is 0 Å². The average molecular weight is 424 g/mol. The van der Waals surface area contributed by atoms with Gasteiger partial charge in [0, 0.05) is 23.6 Å². The van der Waals surface area contributed by atoms with E-state index in [1.54, 1.807) is 6.20 Å². The number of aromatic nitrogens is 2. The van der Waals surface area contributed by atoms with Crippen molar-refractivity contribution in [2.45, 2.75) is 27.3 Å². The molecule has 4 rings (SSSR count). The van der Waals surface area contributed by atoms with E-state index < -0.39 is 5.91 Å². The second-order valence-corrected chi connectivity index (χ2v) is 7.92. The van der Waals surface area contributed by atoms with Crippen molar-refractivity contribution in [2.24, 2.45) is 0 Å². The summed E-state index contributed by atoms with van der Waals surface area (Å²) in [5, 5.41) is 2.93. The number of nitrogens with one attached hydrogen (secondary N) is 1. The van der Waals surface area contributed by atoms with Crippen molar-refractivity contribution in [3.05, 3.63) is 117 Å². The van der Waals surface area contributed by atoms with Crippen LogP contribution in [0.3, 0.4) is 0 Å². The summed E-state index contributed by atoms with van der Waals surface area (Å²) >= 11 is 0. The van der Waals surface area contributed by atoms with Crippen LogP contribution in [0, 0.1) is 20.8 Å². The van der Waals surface area contributed by atoms with Gasteiger partial charge in [-0.05, 0) is 56.2 Å². The van der Waals surface area contributed by atoms with Crippen molar-refractivity contribution in [1.82, 2.24) is 9.55 Å². The zero-order valence-electron chi connectivity index (χ0n) is 18.4. The fraction of sp³-hybridized carbons (Fsp3) is 0.148. The summed E-state index contributed by atoms with van der Waals surface area (Å²) in [7, 11) is 0. The van der Waals surface area contributed by atoms with Crippen LogP contribution < -0.4 is 10.7 Å². The van der Waals surface area contributed by atoms with Gasteiger partial charge in [0.1, 0.15) is 5.56 Å². The van der Waals surface area contributed by atoms with Gasteiger partial charge >= 0.3 is 0 Å². The lowest BCUT2D eigenvalue weighted by molar-refractivity contribution is 0.102. The molecule has 0 aliphatic carbocycles. The van der Waals surface area contributed by atoms with Crippen LogP contribution in [-0.4, -0.2) is 15.5 Å². The highest BCUT2D eigenvalue weighted by Crippen LogP contribution is 2.26. The molecule has 1 amide bonds. The van der Waals surface area contributed by atoms with Crippen LogP contribution in [0.5, 0.6) is 0 Å². The molecule has 0 saturated carbocycles. The molecule has 4 aromatic rings. The van der Waals surface area contributed by atoms with Crippen LogP contribution in [0.4, 0.5) is 5.69 Å². The number of para-hydroxylation sites is 1. The first-order valence-electron chi connectivity index (χ1n) is 10.5. The molecule has 0 unspecified atom stereocenters. The Kier molecular flexibility index (Phi) is 5.99. The van der Waals surface area contributed by atoms with Crippen LogP contribution in [0.2, 0.25) is 0 Å². The molecule has 1 N–H and O–H groups in total. The van der Waals surface area contributed by atoms with E-state index in [2.05, 4.69) is 10.3 Å². The first kappa shape index (κ1) is 21.2. The zero-order valence-corrected chi connectivity index (χ0v) is 18.4. The Labute approximate surface area is 187 Å². The maximum Gasteiger partial charge on any atom is 0.261 e. The predicted octanol–water partition coefficient (Wildman–Crippen LogP) is 5.14. The minimum absolute atomic E-state index is 0.125. The summed E-state index contributed by atoms with van der Waals surface area (Å²) < 4.78 is 1.99. The van der Waals surface area contributed by atoms with Gasteiger partial charge in [-0.1, -0.05) is 48.0 Å². The van der Waals surface area contributed by atoms with Crippen LogP contribution in [0.25, 0.3) is 11.3 Å². The van der Waals surface area contributed by atoms with Crippen LogP contribution in [0.15, 0.2) is 83.8 Å². The molecule has 0 aliphatic heterocycles. The van der Waals surface area contributed by atoms with Crippen LogP contribution >= 0.6 is 0 Å². The standard InChI is InChI=1S/C27H25N3O2/c1-18-9-8-11-21(15-18)26-25(27(32)29-23-13-5-4-10-19(23)2)24(31)16-20(3)30(26)17-22-12-6-7-14-28-22/h4-16H,17H2,1-3H3,(H,29,32). The number of hydrogen-bond acceptors (Lipinski definition) is 3. The number of anilines is 1. The smallest absolute Gasteiger partial charge is 0.261 e. The molecule has 32 heavy (non-hydrogen) atoms. The third kappa shape index (κ3) is 4.37. The highest BCUT2D eigenvalue weighted by atomic mass is 16.2. The van der Waals surface area contributed by atoms with Gasteiger partial charge in [0.25, 0.3) is 5.91 Å². The van der Waals surface area contributed by atoms with Gasteiger partial charge in [-0.2, -0.15) is 0 Å². The minimum atomic E-state index is -0.421. The molecular weight excluding hydrogens is 398 g/mol. The Morgan fingerprint density at radius 2 is 1.72 bits per heavy atom. The summed E-state index contributed by atoms with van der Waals surface area (Å²) in [6.07, 6.45) is 1.74. The van der Waals surface area contributed by atoms with Crippen molar-refractivity contribution in [3.63, 3.8) is 0 Å². The molecular formula is C27H25N3O2. The summed E-state index contributed by atoms with van der Waals surface area (Å²) in [6.45, 7) is 6.24. The van der Waals surface area contributed by atoms with Crippen LogP contribution in [0.1, 0.15) is 32.9 Å². The van der Waals surface area contributed by atoms with Gasteiger partial charge in [-0.15, -0.1) is 0 Å². The Morgan fingerprint density at radius 3 is 2.44 bits per heavy atom. The molecule has 0 spiro atoms. The van der Waals surface area contributed by atoms with Gasteiger partial charge in [0.15, 0.2) is 5.43 Å². The fourth-order valence-corrected chi connectivity index (χ4v) is 3.84. The van der Waals surface area contributed by atoms with Gasteiger partial charge in [-0.25, -0.2) is 0 Å².